The molecule has 1 heteroatoms. The summed E-state index contributed by atoms with van der Waals surface area (Å²) in [5, 5.41) is 0. The second kappa shape index (κ2) is 3.64. The molecule has 0 aromatic rings. The van der Waals surface area contributed by atoms with Crippen LogP contribution in [0.5, 0.6) is 0 Å². The highest BCUT2D eigenvalue weighted by Gasteiger charge is 2.23. The van der Waals surface area contributed by atoms with Crippen molar-refractivity contribution >= 4 is 7.28 Å². The Balaban J connectivity index is 1.71. The van der Waals surface area contributed by atoms with Gasteiger partial charge in [-0.15, -0.1) is 0 Å². The average Bonchev–Trinajstić information content (AvgIpc) is 2.60. The summed E-state index contributed by atoms with van der Waals surface area (Å²) in [6.07, 6.45) is 12.3. The molecule has 0 spiro atoms. The fourth-order valence-corrected chi connectivity index (χ4v) is 2.96. The van der Waals surface area contributed by atoms with Gasteiger partial charge >= 0.3 is 0 Å². The van der Waals surface area contributed by atoms with Crippen LogP contribution >= 0.6 is 0 Å². The van der Waals surface area contributed by atoms with Crippen LogP contribution in [0.25, 0.3) is 0 Å². The topological polar surface area (TPSA) is 0 Å². The van der Waals surface area contributed by atoms with E-state index in [-0.39, 0.29) is 0 Å². The van der Waals surface area contributed by atoms with Gasteiger partial charge in [-0.2, -0.15) is 0 Å². The number of hydrogen-bond donors (Lipinski definition) is 0. The summed E-state index contributed by atoms with van der Waals surface area (Å²) < 4.78 is 0. The lowest BCUT2D eigenvalue weighted by Crippen LogP contribution is -2.05. The van der Waals surface area contributed by atoms with Gasteiger partial charge in [0.2, 0.25) is 0 Å². The minimum Gasteiger partial charge on any atom is -0.0654 e. The minimum atomic E-state index is 1.14. The molecule has 0 aromatic heterocycles. The Morgan fingerprint density at radius 1 is 0.636 bits per heavy atom. The van der Waals surface area contributed by atoms with E-state index in [9.17, 15) is 0 Å². The van der Waals surface area contributed by atoms with E-state index >= 15 is 0 Å². The number of rotatable bonds is 2. The van der Waals surface area contributed by atoms with Gasteiger partial charge in [-0.3, -0.25) is 0 Å². The lowest BCUT2D eigenvalue weighted by Gasteiger charge is -2.11. The SMILES string of the molecule is B(C1CCCC1)C1CCCC1. The molecule has 0 bridgehead atoms. The first-order chi connectivity index (χ1) is 5.45. The Morgan fingerprint density at radius 2 is 1.00 bits per heavy atom. The predicted octanol–water partition coefficient (Wildman–Crippen LogP) is 3.15. The van der Waals surface area contributed by atoms with Gasteiger partial charge in [0.15, 0.2) is 0 Å². The molecular weight excluding hydrogens is 131 g/mol. The predicted molar refractivity (Wildman–Crippen MR) is 51.6 cm³/mol. The Labute approximate surface area is 71.0 Å². The van der Waals surface area contributed by atoms with Crippen LogP contribution in [-0.4, -0.2) is 7.28 Å². The maximum atomic E-state index is 1.58. The Kier molecular flexibility index (Phi) is 2.55. The van der Waals surface area contributed by atoms with Crippen LogP contribution in [0.1, 0.15) is 51.4 Å². The van der Waals surface area contributed by atoms with E-state index in [0.717, 1.165) is 11.6 Å². The highest BCUT2D eigenvalue weighted by molar-refractivity contribution is 6.39. The maximum absolute atomic E-state index is 1.58. The molecule has 0 atom stereocenters. The Morgan fingerprint density at radius 3 is 1.36 bits per heavy atom. The maximum Gasteiger partial charge on any atom is 0.127 e. The molecule has 11 heavy (non-hydrogen) atoms. The largest absolute Gasteiger partial charge is 0.127 e. The summed E-state index contributed by atoms with van der Waals surface area (Å²) in [7, 11) is 1.58. The fourth-order valence-electron chi connectivity index (χ4n) is 2.96. The van der Waals surface area contributed by atoms with Crippen molar-refractivity contribution in [1.29, 1.82) is 0 Å². The van der Waals surface area contributed by atoms with Crippen LogP contribution in [0.2, 0.25) is 11.6 Å². The molecule has 0 unspecified atom stereocenters. The van der Waals surface area contributed by atoms with Crippen LogP contribution in [-0.2, 0) is 0 Å². The van der Waals surface area contributed by atoms with Crippen molar-refractivity contribution in [1.82, 2.24) is 0 Å². The smallest absolute Gasteiger partial charge is 0.0654 e. The van der Waals surface area contributed by atoms with Gasteiger partial charge in [0.05, 0.1) is 0 Å². The zero-order valence-corrected chi connectivity index (χ0v) is 7.52. The summed E-state index contributed by atoms with van der Waals surface area (Å²) in [4.78, 5) is 0. The van der Waals surface area contributed by atoms with Crippen molar-refractivity contribution in [2.45, 2.75) is 63.0 Å². The Bertz CT molecular complexity index is 96.0. The fraction of sp³-hybridized carbons (Fsp3) is 1.00. The second-order valence-corrected chi connectivity index (χ2v) is 4.54. The van der Waals surface area contributed by atoms with E-state index in [4.69, 9.17) is 0 Å². The first-order valence-corrected chi connectivity index (χ1v) is 5.45. The summed E-state index contributed by atoms with van der Waals surface area (Å²) in [5.74, 6) is 2.27. The molecule has 2 aliphatic rings. The van der Waals surface area contributed by atoms with Gasteiger partial charge in [-0.25, -0.2) is 0 Å². The van der Waals surface area contributed by atoms with Crippen molar-refractivity contribution < 1.29 is 0 Å². The molecule has 0 N–H and O–H groups in total. The molecule has 2 saturated carbocycles. The molecule has 0 aromatic carbocycles. The lowest BCUT2D eigenvalue weighted by atomic mass is 9.53. The molecule has 0 saturated heterocycles. The first kappa shape index (κ1) is 7.70. The lowest BCUT2D eigenvalue weighted by molar-refractivity contribution is 0.796. The summed E-state index contributed by atoms with van der Waals surface area (Å²) in [6.45, 7) is 0. The molecule has 0 radical (unpaired) electrons. The molecule has 0 nitrogen and oxygen atoms in total. The van der Waals surface area contributed by atoms with Crippen LogP contribution in [0, 0.1) is 0 Å². The van der Waals surface area contributed by atoms with Gasteiger partial charge < -0.3 is 0 Å². The number of hydrogen-bond acceptors (Lipinski definition) is 0. The van der Waals surface area contributed by atoms with E-state index in [2.05, 4.69) is 0 Å². The third-order valence-corrected chi connectivity index (χ3v) is 3.62. The van der Waals surface area contributed by atoms with E-state index in [1.54, 1.807) is 33.0 Å². The van der Waals surface area contributed by atoms with E-state index in [0.29, 0.717) is 0 Å². The molecule has 0 heterocycles. The third-order valence-electron chi connectivity index (χ3n) is 3.62. The molecular formula is C10H19B. The molecule has 62 valence electrons. The minimum absolute atomic E-state index is 1.14. The van der Waals surface area contributed by atoms with Crippen LogP contribution < -0.4 is 0 Å². The van der Waals surface area contributed by atoms with Crippen molar-refractivity contribution in [2.75, 3.05) is 0 Å². The summed E-state index contributed by atoms with van der Waals surface area (Å²) >= 11 is 0. The van der Waals surface area contributed by atoms with Crippen LogP contribution in [0.15, 0.2) is 0 Å². The summed E-state index contributed by atoms with van der Waals surface area (Å²) in [5.41, 5.74) is 0. The highest BCUT2D eigenvalue weighted by atomic mass is 14.2. The quantitative estimate of drug-likeness (QED) is 0.530. The van der Waals surface area contributed by atoms with Crippen molar-refractivity contribution in [3.8, 4) is 0 Å². The van der Waals surface area contributed by atoms with Crippen molar-refractivity contribution in [3.63, 3.8) is 0 Å². The summed E-state index contributed by atoms with van der Waals surface area (Å²) in [6, 6.07) is 0. The van der Waals surface area contributed by atoms with Crippen LogP contribution in [0.3, 0.4) is 0 Å². The molecule has 2 fully saturated rings. The third kappa shape index (κ3) is 2.01. The van der Waals surface area contributed by atoms with E-state index in [1.165, 1.54) is 25.7 Å². The van der Waals surface area contributed by atoms with Gasteiger partial charge in [-0.1, -0.05) is 63.0 Å². The zero-order valence-electron chi connectivity index (χ0n) is 7.52. The van der Waals surface area contributed by atoms with E-state index in [1.807, 2.05) is 0 Å². The zero-order chi connectivity index (χ0) is 7.52. The highest BCUT2D eigenvalue weighted by Crippen LogP contribution is 2.37. The van der Waals surface area contributed by atoms with Gasteiger partial charge in [0.25, 0.3) is 0 Å². The molecule has 0 aliphatic heterocycles. The standard InChI is InChI=1S/C10H19B/c1-2-6-9(5-1)11-10-7-3-4-8-10/h9-11H,1-8H2. The first-order valence-electron chi connectivity index (χ1n) is 5.45. The van der Waals surface area contributed by atoms with E-state index < -0.39 is 0 Å². The Hall–Kier alpha value is 0.0649. The molecule has 2 aliphatic carbocycles. The van der Waals surface area contributed by atoms with Gasteiger partial charge in [0.1, 0.15) is 7.28 Å². The van der Waals surface area contributed by atoms with Crippen LogP contribution in [0.4, 0.5) is 0 Å². The van der Waals surface area contributed by atoms with Gasteiger partial charge in [-0.05, 0) is 0 Å². The molecule has 2 rings (SSSR count). The van der Waals surface area contributed by atoms with Crippen molar-refractivity contribution in [2.24, 2.45) is 0 Å². The van der Waals surface area contributed by atoms with Crippen molar-refractivity contribution in [3.05, 3.63) is 0 Å². The second-order valence-electron chi connectivity index (χ2n) is 4.54. The normalized spacial score (nSPS) is 28.0. The average molecular weight is 150 g/mol. The van der Waals surface area contributed by atoms with Gasteiger partial charge in [0, 0.05) is 0 Å². The molecule has 0 amide bonds. The monoisotopic (exact) mass is 150 g/mol.